The van der Waals surface area contributed by atoms with Crippen molar-refractivity contribution in [3.8, 4) is 5.75 Å². The van der Waals surface area contributed by atoms with Crippen LogP contribution in [0, 0.1) is 0 Å². The number of nitrogens with two attached hydrogens (primary N) is 1. The molecule has 0 aromatic heterocycles. The Morgan fingerprint density at radius 1 is 1.29 bits per heavy atom. The van der Waals surface area contributed by atoms with E-state index in [-0.39, 0.29) is 18.6 Å². The molecule has 4 nitrogen and oxygen atoms in total. The van der Waals surface area contributed by atoms with Crippen molar-refractivity contribution in [2.24, 2.45) is 0 Å². The molecule has 0 fully saturated rings. The van der Waals surface area contributed by atoms with Gasteiger partial charge in [-0.1, -0.05) is 13.8 Å². The highest BCUT2D eigenvalue weighted by Gasteiger charge is 2.08. The van der Waals surface area contributed by atoms with Crippen LogP contribution in [-0.4, -0.2) is 18.6 Å². The Balaban J connectivity index is 2.35. The van der Waals surface area contributed by atoms with E-state index < -0.39 is 0 Å². The van der Waals surface area contributed by atoms with Crippen LogP contribution < -0.4 is 15.8 Å². The molecule has 3 N–H and O–H groups in total. The second-order valence-corrected chi connectivity index (χ2v) is 3.94. The van der Waals surface area contributed by atoms with E-state index in [4.69, 9.17) is 10.5 Å². The van der Waals surface area contributed by atoms with Crippen molar-refractivity contribution in [3.63, 3.8) is 0 Å². The number of rotatable bonds is 6. The van der Waals surface area contributed by atoms with Crippen LogP contribution in [-0.2, 0) is 4.79 Å². The van der Waals surface area contributed by atoms with Crippen LogP contribution in [0.2, 0.25) is 0 Å². The van der Waals surface area contributed by atoms with Gasteiger partial charge in [-0.2, -0.15) is 0 Å². The molecule has 0 spiro atoms. The van der Waals surface area contributed by atoms with E-state index in [1.54, 1.807) is 24.3 Å². The van der Waals surface area contributed by atoms with E-state index in [0.29, 0.717) is 11.4 Å². The summed E-state index contributed by atoms with van der Waals surface area (Å²) < 4.78 is 5.35. The van der Waals surface area contributed by atoms with Crippen molar-refractivity contribution in [2.45, 2.75) is 32.7 Å². The topological polar surface area (TPSA) is 64.3 Å². The summed E-state index contributed by atoms with van der Waals surface area (Å²) in [7, 11) is 0. The van der Waals surface area contributed by atoms with Gasteiger partial charge < -0.3 is 15.8 Å². The summed E-state index contributed by atoms with van der Waals surface area (Å²) in [4.78, 5) is 11.6. The number of nitrogen functional groups attached to an aromatic ring is 1. The first kappa shape index (κ1) is 13.4. The number of ether oxygens (including phenoxy) is 1. The first-order valence-corrected chi connectivity index (χ1v) is 5.93. The number of nitrogens with one attached hydrogen (secondary N) is 1. The lowest BCUT2D eigenvalue weighted by Gasteiger charge is -2.14. The Morgan fingerprint density at radius 3 is 2.41 bits per heavy atom. The van der Waals surface area contributed by atoms with E-state index in [2.05, 4.69) is 19.2 Å². The Labute approximate surface area is 102 Å². The first-order chi connectivity index (χ1) is 8.15. The molecule has 0 heterocycles. The van der Waals surface area contributed by atoms with Gasteiger partial charge in [-0.3, -0.25) is 4.79 Å². The van der Waals surface area contributed by atoms with Gasteiger partial charge in [0.2, 0.25) is 0 Å². The molecule has 1 amide bonds. The van der Waals surface area contributed by atoms with E-state index in [0.717, 1.165) is 12.8 Å². The molecule has 0 saturated carbocycles. The number of hydrogen-bond acceptors (Lipinski definition) is 3. The Morgan fingerprint density at radius 2 is 1.88 bits per heavy atom. The summed E-state index contributed by atoms with van der Waals surface area (Å²) in [6, 6.07) is 7.22. The van der Waals surface area contributed by atoms with Gasteiger partial charge >= 0.3 is 0 Å². The molecule has 0 bridgehead atoms. The third-order valence-corrected chi connectivity index (χ3v) is 2.60. The highest BCUT2D eigenvalue weighted by molar-refractivity contribution is 5.77. The molecule has 0 radical (unpaired) electrons. The van der Waals surface area contributed by atoms with Gasteiger partial charge in [-0.15, -0.1) is 0 Å². The van der Waals surface area contributed by atoms with Crippen LogP contribution in [0.5, 0.6) is 5.75 Å². The van der Waals surface area contributed by atoms with Crippen molar-refractivity contribution >= 4 is 11.6 Å². The fraction of sp³-hybridized carbons (Fsp3) is 0.462. The summed E-state index contributed by atoms with van der Waals surface area (Å²) in [5, 5.41) is 2.91. The largest absolute Gasteiger partial charge is 0.484 e. The van der Waals surface area contributed by atoms with Gasteiger partial charge in [-0.25, -0.2) is 0 Å². The van der Waals surface area contributed by atoms with Crippen molar-refractivity contribution in [1.82, 2.24) is 5.32 Å². The van der Waals surface area contributed by atoms with Crippen molar-refractivity contribution in [1.29, 1.82) is 0 Å². The molecule has 1 aromatic carbocycles. The standard InChI is InChI=1S/C13H20N2O2/c1-3-11(4-2)15-13(16)9-17-12-7-5-10(14)6-8-12/h5-8,11H,3-4,9,14H2,1-2H3,(H,15,16). The third-order valence-electron chi connectivity index (χ3n) is 2.60. The Hall–Kier alpha value is -1.71. The zero-order valence-corrected chi connectivity index (χ0v) is 10.4. The van der Waals surface area contributed by atoms with E-state index in [9.17, 15) is 4.79 Å². The minimum Gasteiger partial charge on any atom is -0.484 e. The second-order valence-electron chi connectivity index (χ2n) is 3.94. The zero-order chi connectivity index (χ0) is 12.7. The molecule has 0 saturated heterocycles. The van der Waals surface area contributed by atoms with E-state index in [1.165, 1.54) is 0 Å². The molecule has 1 rings (SSSR count). The third kappa shape index (κ3) is 4.76. The predicted octanol–water partition coefficient (Wildman–Crippen LogP) is 1.95. The lowest BCUT2D eigenvalue weighted by molar-refractivity contribution is -0.123. The number of hydrogen-bond donors (Lipinski definition) is 2. The molecular formula is C13H20N2O2. The van der Waals surface area contributed by atoms with Crippen LogP contribution in [0.15, 0.2) is 24.3 Å². The molecule has 94 valence electrons. The summed E-state index contributed by atoms with van der Waals surface area (Å²) in [5.41, 5.74) is 6.23. The monoisotopic (exact) mass is 236 g/mol. The number of carbonyl (C=O) groups is 1. The summed E-state index contributed by atoms with van der Waals surface area (Å²) in [6.07, 6.45) is 1.87. The predicted molar refractivity (Wildman–Crippen MR) is 68.9 cm³/mol. The average molecular weight is 236 g/mol. The lowest BCUT2D eigenvalue weighted by Crippen LogP contribution is -2.37. The van der Waals surface area contributed by atoms with Crippen LogP contribution in [0.1, 0.15) is 26.7 Å². The summed E-state index contributed by atoms with van der Waals surface area (Å²) in [6.45, 7) is 4.14. The minimum atomic E-state index is -0.0875. The maximum absolute atomic E-state index is 11.6. The van der Waals surface area contributed by atoms with Crippen LogP contribution in [0.25, 0.3) is 0 Å². The average Bonchev–Trinajstić information content (AvgIpc) is 2.35. The summed E-state index contributed by atoms with van der Waals surface area (Å²) in [5.74, 6) is 0.564. The molecule has 17 heavy (non-hydrogen) atoms. The molecule has 0 unspecified atom stereocenters. The van der Waals surface area contributed by atoms with Crippen LogP contribution in [0.3, 0.4) is 0 Å². The molecular weight excluding hydrogens is 216 g/mol. The fourth-order valence-corrected chi connectivity index (χ4v) is 1.48. The fourth-order valence-electron chi connectivity index (χ4n) is 1.48. The molecule has 0 aliphatic carbocycles. The number of carbonyl (C=O) groups excluding carboxylic acids is 1. The van der Waals surface area contributed by atoms with Crippen molar-refractivity contribution < 1.29 is 9.53 Å². The maximum atomic E-state index is 11.6. The number of anilines is 1. The quantitative estimate of drug-likeness (QED) is 0.742. The first-order valence-electron chi connectivity index (χ1n) is 5.93. The van der Waals surface area contributed by atoms with Crippen LogP contribution in [0.4, 0.5) is 5.69 Å². The normalized spacial score (nSPS) is 10.3. The Kier molecular flexibility index (Phi) is 5.33. The van der Waals surface area contributed by atoms with E-state index in [1.807, 2.05) is 0 Å². The van der Waals surface area contributed by atoms with Crippen LogP contribution >= 0.6 is 0 Å². The summed E-state index contributed by atoms with van der Waals surface area (Å²) >= 11 is 0. The smallest absolute Gasteiger partial charge is 0.258 e. The Bertz CT molecular complexity index is 345. The molecule has 0 aliphatic heterocycles. The highest BCUT2D eigenvalue weighted by atomic mass is 16.5. The number of benzene rings is 1. The minimum absolute atomic E-state index is 0.0421. The maximum Gasteiger partial charge on any atom is 0.258 e. The van der Waals surface area contributed by atoms with E-state index >= 15 is 0 Å². The number of amides is 1. The van der Waals surface area contributed by atoms with Crippen molar-refractivity contribution in [3.05, 3.63) is 24.3 Å². The van der Waals surface area contributed by atoms with Gasteiger partial charge in [0.15, 0.2) is 6.61 Å². The SMILES string of the molecule is CCC(CC)NC(=O)COc1ccc(N)cc1. The molecule has 1 aromatic rings. The second kappa shape index (κ2) is 6.78. The molecule has 4 heteroatoms. The van der Waals surface area contributed by atoms with Gasteiger partial charge in [0, 0.05) is 11.7 Å². The van der Waals surface area contributed by atoms with Gasteiger partial charge in [0.05, 0.1) is 0 Å². The lowest BCUT2D eigenvalue weighted by atomic mass is 10.2. The molecule has 0 aliphatic rings. The zero-order valence-electron chi connectivity index (χ0n) is 10.4. The highest BCUT2D eigenvalue weighted by Crippen LogP contribution is 2.12. The van der Waals surface area contributed by atoms with Gasteiger partial charge in [0.25, 0.3) is 5.91 Å². The van der Waals surface area contributed by atoms with Gasteiger partial charge in [-0.05, 0) is 37.1 Å². The van der Waals surface area contributed by atoms with Gasteiger partial charge in [0.1, 0.15) is 5.75 Å². The van der Waals surface area contributed by atoms with Crippen molar-refractivity contribution in [2.75, 3.05) is 12.3 Å². The molecule has 0 atom stereocenters.